The van der Waals surface area contributed by atoms with E-state index >= 15 is 0 Å². The molecule has 3 aromatic rings. The summed E-state index contributed by atoms with van der Waals surface area (Å²) in [5.41, 5.74) is 0.946. The van der Waals surface area contributed by atoms with Crippen LogP contribution in [0.5, 0.6) is 0 Å². The number of carboxylic acid groups (broad SMARTS) is 1. The highest BCUT2D eigenvalue weighted by Gasteiger charge is 2.35. The third-order valence-corrected chi connectivity index (χ3v) is 5.36. The molecule has 0 saturated carbocycles. The van der Waals surface area contributed by atoms with E-state index in [0.29, 0.717) is 17.1 Å². The molecular formula is C22H14FNO5S. The fourth-order valence-electron chi connectivity index (χ4n) is 2.95. The number of carbonyl (C=O) groups excluding carboxylic acids is 2. The molecule has 1 aliphatic rings. The van der Waals surface area contributed by atoms with Crippen LogP contribution in [-0.4, -0.2) is 27.1 Å². The minimum atomic E-state index is -1.05. The first kappa shape index (κ1) is 19.7. The highest BCUT2D eigenvalue weighted by Crippen LogP contribution is 2.34. The molecule has 0 radical (unpaired) electrons. The summed E-state index contributed by atoms with van der Waals surface area (Å²) >= 11 is 0.752. The molecule has 2 amide bonds. The maximum atomic E-state index is 13.9. The lowest BCUT2D eigenvalue weighted by atomic mass is 10.1. The van der Waals surface area contributed by atoms with Gasteiger partial charge in [0.2, 0.25) is 0 Å². The van der Waals surface area contributed by atoms with Crippen LogP contribution in [0, 0.1) is 5.82 Å². The van der Waals surface area contributed by atoms with Crippen molar-refractivity contribution in [3.8, 4) is 11.3 Å². The lowest BCUT2D eigenvalue weighted by Crippen LogP contribution is -2.27. The Hall–Kier alpha value is -3.65. The second-order valence-electron chi connectivity index (χ2n) is 6.45. The number of imide groups is 1. The smallest absolute Gasteiger partial charge is 0.335 e. The standard InChI is InChI=1S/C22H14FNO5S/c23-17-7-2-1-4-15(17)12-24-20(25)19(30-22(24)28)11-16-8-9-18(29-16)13-5-3-6-14(10-13)21(26)27/h1-11H,12H2,(H,26,27)/b19-11-. The topological polar surface area (TPSA) is 87.8 Å². The van der Waals surface area contributed by atoms with Crippen molar-refractivity contribution < 1.29 is 28.3 Å². The van der Waals surface area contributed by atoms with Crippen molar-refractivity contribution in [3.05, 3.63) is 88.3 Å². The molecule has 0 atom stereocenters. The van der Waals surface area contributed by atoms with Crippen LogP contribution in [0.2, 0.25) is 0 Å². The summed E-state index contributed by atoms with van der Waals surface area (Å²) in [6.45, 7) is -0.153. The van der Waals surface area contributed by atoms with Gasteiger partial charge in [-0.2, -0.15) is 0 Å². The molecule has 2 heterocycles. The molecule has 0 aliphatic carbocycles. The van der Waals surface area contributed by atoms with E-state index < -0.39 is 22.9 Å². The van der Waals surface area contributed by atoms with Gasteiger partial charge in [-0.3, -0.25) is 14.5 Å². The van der Waals surface area contributed by atoms with Crippen LogP contribution in [0.3, 0.4) is 0 Å². The number of halogens is 1. The molecule has 30 heavy (non-hydrogen) atoms. The molecular weight excluding hydrogens is 409 g/mol. The maximum absolute atomic E-state index is 13.9. The van der Waals surface area contributed by atoms with Gasteiger partial charge in [-0.25, -0.2) is 9.18 Å². The Bertz CT molecular complexity index is 1200. The summed E-state index contributed by atoms with van der Waals surface area (Å²) in [7, 11) is 0. The number of furan rings is 1. The Labute approximate surface area is 174 Å². The molecule has 0 unspecified atom stereocenters. The largest absolute Gasteiger partial charge is 0.478 e. The van der Waals surface area contributed by atoms with Gasteiger partial charge in [0, 0.05) is 17.2 Å². The number of hydrogen-bond donors (Lipinski definition) is 1. The third kappa shape index (κ3) is 3.90. The van der Waals surface area contributed by atoms with E-state index in [9.17, 15) is 18.8 Å². The first-order valence-corrected chi connectivity index (χ1v) is 9.66. The Morgan fingerprint density at radius 2 is 1.90 bits per heavy atom. The number of carbonyl (C=O) groups is 3. The van der Waals surface area contributed by atoms with Gasteiger partial charge in [0.25, 0.3) is 11.1 Å². The highest BCUT2D eigenvalue weighted by molar-refractivity contribution is 8.18. The van der Waals surface area contributed by atoms with Gasteiger partial charge in [0.1, 0.15) is 17.3 Å². The van der Waals surface area contributed by atoms with E-state index in [2.05, 4.69) is 0 Å². The predicted octanol–water partition coefficient (Wildman–Crippen LogP) is 5.02. The normalized spacial score (nSPS) is 15.2. The van der Waals surface area contributed by atoms with E-state index in [1.807, 2.05) is 0 Å². The highest BCUT2D eigenvalue weighted by atomic mass is 32.2. The Morgan fingerprint density at radius 1 is 1.10 bits per heavy atom. The minimum absolute atomic E-state index is 0.125. The van der Waals surface area contributed by atoms with Crippen LogP contribution < -0.4 is 0 Å². The first-order chi connectivity index (χ1) is 14.4. The van der Waals surface area contributed by atoms with Crippen LogP contribution in [-0.2, 0) is 11.3 Å². The number of nitrogens with zero attached hydrogens (tertiary/aromatic N) is 1. The lowest BCUT2D eigenvalue weighted by Gasteiger charge is -2.12. The number of amides is 2. The number of carboxylic acids is 1. The average Bonchev–Trinajstić information content (AvgIpc) is 3.30. The van der Waals surface area contributed by atoms with Crippen molar-refractivity contribution >= 4 is 35.0 Å². The van der Waals surface area contributed by atoms with Crippen molar-refractivity contribution in [1.82, 2.24) is 4.90 Å². The molecule has 1 N–H and O–H groups in total. The zero-order valence-corrected chi connectivity index (χ0v) is 16.2. The summed E-state index contributed by atoms with van der Waals surface area (Å²) in [5.74, 6) is -1.30. The molecule has 0 bridgehead atoms. The van der Waals surface area contributed by atoms with E-state index in [0.717, 1.165) is 16.7 Å². The summed E-state index contributed by atoms with van der Waals surface area (Å²) < 4.78 is 19.6. The fourth-order valence-corrected chi connectivity index (χ4v) is 3.77. The summed E-state index contributed by atoms with van der Waals surface area (Å²) in [5, 5.41) is 8.62. The van der Waals surface area contributed by atoms with Crippen molar-refractivity contribution in [3.63, 3.8) is 0 Å². The molecule has 1 fully saturated rings. The Balaban J connectivity index is 1.55. The van der Waals surface area contributed by atoms with E-state index in [-0.39, 0.29) is 22.6 Å². The van der Waals surface area contributed by atoms with Gasteiger partial charge in [0.05, 0.1) is 17.0 Å². The molecule has 1 saturated heterocycles. The SMILES string of the molecule is O=C(O)c1cccc(-c2ccc(/C=C3\SC(=O)N(Cc4ccccc4F)C3=O)o2)c1. The Kier molecular flexibility index (Phi) is 5.24. The summed E-state index contributed by atoms with van der Waals surface area (Å²) in [4.78, 5) is 37.1. The van der Waals surface area contributed by atoms with Crippen molar-refractivity contribution in [2.45, 2.75) is 6.54 Å². The van der Waals surface area contributed by atoms with Crippen LogP contribution in [0.25, 0.3) is 17.4 Å². The predicted molar refractivity (Wildman–Crippen MR) is 109 cm³/mol. The number of benzene rings is 2. The van der Waals surface area contributed by atoms with Crippen LogP contribution in [0.1, 0.15) is 21.7 Å². The van der Waals surface area contributed by atoms with Crippen LogP contribution in [0.15, 0.2) is 70.0 Å². The molecule has 8 heteroatoms. The molecule has 1 aliphatic heterocycles. The summed E-state index contributed by atoms with van der Waals surface area (Å²) in [6, 6.07) is 15.5. The van der Waals surface area contributed by atoms with Gasteiger partial charge in [0.15, 0.2) is 0 Å². The molecule has 2 aromatic carbocycles. The number of thioether (sulfide) groups is 1. The van der Waals surface area contributed by atoms with Gasteiger partial charge in [-0.05, 0) is 42.1 Å². The van der Waals surface area contributed by atoms with Crippen molar-refractivity contribution in [2.24, 2.45) is 0 Å². The van der Waals surface area contributed by atoms with Gasteiger partial charge in [-0.15, -0.1) is 0 Å². The van der Waals surface area contributed by atoms with E-state index in [1.165, 1.54) is 36.4 Å². The lowest BCUT2D eigenvalue weighted by molar-refractivity contribution is -0.123. The average molecular weight is 423 g/mol. The van der Waals surface area contributed by atoms with Crippen LogP contribution in [0.4, 0.5) is 9.18 Å². The van der Waals surface area contributed by atoms with Crippen molar-refractivity contribution in [2.75, 3.05) is 0 Å². The molecule has 6 nitrogen and oxygen atoms in total. The molecule has 150 valence electrons. The second kappa shape index (κ2) is 8.00. The quantitative estimate of drug-likeness (QED) is 0.580. The zero-order valence-electron chi connectivity index (χ0n) is 15.4. The molecule has 1 aromatic heterocycles. The van der Waals surface area contributed by atoms with Gasteiger partial charge < -0.3 is 9.52 Å². The number of aromatic carboxylic acids is 1. The van der Waals surface area contributed by atoms with Crippen molar-refractivity contribution in [1.29, 1.82) is 0 Å². The number of hydrogen-bond acceptors (Lipinski definition) is 5. The minimum Gasteiger partial charge on any atom is -0.478 e. The molecule has 4 rings (SSSR count). The third-order valence-electron chi connectivity index (χ3n) is 4.45. The number of rotatable bonds is 5. The first-order valence-electron chi connectivity index (χ1n) is 8.85. The van der Waals surface area contributed by atoms with Crippen LogP contribution >= 0.6 is 11.8 Å². The maximum Gasteiger partial charge on any atom is 0.335 e. The van der Waals surface area contributed by atoms with Gasteiger partial charge >= 0.3 is 5.97 Å². The summed E-state index contributed by atoms with van der Waals surface area (Å²) in [6.07, 6.45) is 1.44. The fraction of sp³-hybridized carbons (Fsp3) is 0.0455. The van der Waals surface area contributed by atoms with E-state index in [1.54, 1.807) is 30.3 Å². The van der Waals surface area contributed by atoms with E-state index in [4.69, 9.17) is 9.52 Å². The Morgan fingerprint density at radius 3 is 2.67 bits per heavy atom. The monoisotopic (exact) mass is 423 g/mol. The zero-order chi connectivity index (χ0) is 21.3. The van der Waals surface area contributed by atoms with Gasteiger partial charge in [-0.1, -0.05) is 30.3 Å². The molecule has 0 spiro atoms. The second-order valence-corrected chi connectivity index (χ2v) is 7.44.